The summed E-state index contributed by atoms with van der Waals surface area (Å²) in [6, 6.07) is 6.07. The van der Waals surface area contributed by atoms with Crippen LogP contribution >= 0.6 is 0 Å². The van der Waals surface area contributed by atoms with E-state index in [1.807, 2.05) is 0 Å². The van der Waals surface area contributed by atoms with E-state index in [0.29, 0.717) is 24.2 Å². The van der Waals surface area contributed by atoms with Gasteiger partial charge in [-0.05, 0) is 25.8 Å². The highest BCUT2D eigenvalue weighted by atomic mass is 32.2. The van der Waals surface area contributed by atoms with Crippen LogP contribution in [0.15, 0.2) is 35.5 Å². The van der Waals surface area contributed by atoms with Crippen molar-refractivity contribution in [1.29, 1.82) is 0 Å². The summed E-state index contributed by atoms with van der Waals surface area (Å²) in [4.78, 5) is 26.9. The predicted molar refractivity (Wildman–Crippen MR) is 102 cm³/mol. The highest BCUT2D eigenvalue weighted by molar-refractivity contribution is 7.89. The molecular formula is C18H22N4O6S. The normalized spacial score (nSPS) is 15.9. The summed E-state index contributed by atoms with van der Waals surface area (Å²) in [7, 11) is -1.99. The van der Waals surface area contributed by atoms with E-state index in [1.165, 1.54) is 22.6 Å². The molecule has 1 aromatic heterocycles. The van der Waals surface area contributed by atoms with Crippen LogP contribution in [0.1, 0.15) is 24.2 Å². The molecule has 0 N–H and O–H groups in total. The fourth-order valence-corrected chi connectivity index (χ4v) is 4.69. The number of carbonyl (C=O) groups is 1. The molecule has 0 spiro atoms. The van der Waals surface area contributed by atoms with Crippen molar-refractivity contribution in [2.24, 2.45) is 13.0 Å². The van der Waals surface area contributed by atoms with Gasteiger partial charge in [0.25, 0.3) is 15.7 Å². The average molecular weight is 422 g/mol. The number of aryl methyl sites for hydroxylation is 2. The van der Waals surface area contributed by atoms with E-state index >= 15 is 0 Å². The standard InChI is InChI=1S/C18H22N4O6S/c1-13-19-17(11-20(13)2)29(26,27)21-9-7-14(8-10-21)18(23)28-12-15-5-3-4-6-16(15)22(24)25/h3-6,11,14H,7-10,12H2,1-2H3. The van der Waals surface area contributed by atoms with Crippen LogP contribution < -0.4 is 0 Å². The SMILES string of the molecule is Cc1nc(S(=O)(=O)N2CCC(C(=O)OCc3ccccc3[N+](=O)[O-])CC2)cn1C. The highest BCUT2D eigenvalue weighted by Crippen LogP contribution is 2.25. The van der Waals surface area contributed by atoms with Crippen molar-refractivity contribution in [3.63, 3.8) is 0 Å². The minimum atomic E-state index is -3.71. The first-order valence-corrected chi connectivity index (χ1v) is 10.5. The van der Waals surface area contributed by atoms with Crippen LogP contribution in [0.3, 0.4) is 0 Å². The summed E-state index contributed by atoms with van der Waals surface area (Å²) in [6.07, 6.45) is 2.11. The monoisotopic (exact) mass is 422 g/mol. The number of ether oxygens (including phenoxy) is 1. The van der Waals surface area contributed by atoms with Crippen molar-refractivity contribution < 1.29 is 22.9 Å². The summed E-state index contributed by atoms with van der Waals surface area (Å²) in [6.45, 7) is 1.90. The van der Waals surface area contributed by atoms with Crippen molar-refractivity contribution in [3.8, 4) is 0 Å². The smallest absolute Gasteiger partial charge is 0.309 e. The zero-order valence-corrected chi connectivity index (χ0v) is 17.0. The molecule has 1 fully saturated rings. The summed E-state index contributed by atoms with van der Waals surface area (Å²) in [5, 5.41) is 11.0. The minimum Gasteiger partial charge on any atom is -0.460 e. The Bertz CT molecular complexity index is 1010. The molecule has 3 rings (SSSR count). The maximum atomic E-state index is 12.7. The number of nitro groups is 1. The number of nitrogens with zero attached hydrogens (tertiary/aromatic N) is 4. The van der Waals surface area contributed by atoms with Crippen LogP contribution in [0.5, 0.6) is 0 Å². The molecular weight excluding hydrogens is 400 g/mol. The van der Waals surface area contributed by atoms with E-state index in [4.69, 9.17) is 4.74 Å². The molecule has 0 amide bonds. The Hall–Kier alpha value is -2.79. The van der Waals surface area contributed by atoms with Gasteiger partial charge in [0.15, 0.2) is 5.03 Å². The number of esters is 1. The minimum absolute atomic E-state index is 0.00471. The van der Waals surface area contributed by atoms with Gasteiger partial charge < -0.3 is 9.30 Å². The zero-order valence-electron chi connectivity index (χ0n) is 16.1. The molecule has 29 heavy (non-hydrogen) atoms. The molecule has 1 aromatic carbocycles. The lowest BCUT2D eigenvalue weighted by atomic mass is 9.98. The van der Waals surface area contributed by atoms with Gasteiger partial charge in [-0.1, -0.05) is 12.1 Å². The van der Waals surface area contributed by atoms with Gasteiger partial charge in [0.2, 0.25) is 0 Å². The third-order valence-electron chi connectivity index (χ3n) is 5.04. The van der Waals surface area contributed by atoms with Crippen molar-refractivity contribution in [3.05, 3.63) is 52.0 Å². The lowest BCUT2D eigenvalue weighted by Crippen LogP contribution is -2.40. The van der Waals surface area contributed by atoms with Crippen molar-refractivity contribution in [1.82, 2.24) is 13.9 Å². The molecule has 0 aliphatic carbocycles. The van der Waals surface area contributed by atoms with Gasteiger partial charge in [0, 0.05) is 32.4 Å². The van der Waals surface area contributed by atoms with Gasteiger partial charge in [-0.15, -0.1) is 0 Å². The molecule has 2 aromatic rings. The van der Waals surface area contributed by atoms with Crippen LogP contribution in [-0.2, 0) is 33.2 Å². The number of nitro benzene ring substituents is 1. The Morgan fingerprint density at radius 3 is 2.55 bits per heavy atom. The Labute approximate surface area is 168 Å². The maximum absolute atomic E-state index is 12.7. The number of sulfonamides is 1. The van der Waals surface area contributed by atoms with Crippen LogP contribution in [-0.4, -0.2) is 46.3 Å². The largest absolute Gasteiger partial charge is 0.460 e. The topological polar surface area (TPSA) is 125 Å². The number of carbonyl (C=O) groups excluding carboxylic acids is 1. The average Bonchev–Trinajstić information content (AvgIpc) is 3.05. The summed E-state index contributed by atoms with van der Waals surface area (Å²) < 4.78 is 33.6. The molecule has 0 bridgehead atoms. The molecule has 1 aliphatic heterocycles. The highest BCUT2D eigenvalue weighted by Gasteiger charge is 2.34. The number of para-hydroxylation sites is 1. The van der Waals surface area contributed by atoms with E-state index < -0.39 is 26.8 Å². The second kappa shape index (κ2) is 8.29. The molecule has 0 atom stereocenters. The van der Waals surface area contributed by atoms with Crippen molar-refractivity contribution >= 4 is 21.7 Å². The molecule has 0 unspecified atom stereocenters. The Balaban J connectivity index is 1.58. The number of imidazole rings is 1. The molecule has 1 aliphatic rings. The molecule has 0 radical (unpaired) electrons. The van der Waals surface area contributed by atoms with E-state index in [2.05, 4.69) is 4.98 Å². The molecule has 11 heteroatoms. The number of hydrogen-bond acceptors (Lipinski definition) is 7. The van der Waals surface area contributed by atoms with Gasteiger partial charge in [-0.3, -0.25) is 14.9 Å². The van der Waals surface area contributed by atoms with Gasteiger partial charge in [0.1, 0.15) is 12.4 Å². The summed E-state index contributed by atoms with van der Waals surface area (Å²) >= 11 is 0. The van der Waals surface area contributed by atoms with Gasteiger partial charge in [0.05, 0.1) is 16.4 Å². The van der Waals surface area contributed by atoms with E-state index in [-0.39, 0.29) is 30.4 Å². The molecule has 156 valence electrons. The number of aromatic nitrogens is 2. The van der Waals surface area contributed by atoms with Crippen LogP contribution in [0.25, 0.3) is 0 Å². The third kappa shape index (κ3) is 4.46. The van der Waals surface area contributed by atoms with Crippen LogP contribution in [0, 0.1) is 23.0 Å². The first-order valence-electron chi connectivity index (χ1n) is 9.09. The molecule has 2 heterocycles. The quantitative estimate of drug-likeness (QED) is 0.395. The lowest BCUT2D eigenvalue weighted by Gasteiger charge is -2.29. The number of rotatable bonds is 6. The van der Waals surface area contributed by atoms with Crippen molar-refractivity contribution in [2.45, 2.75) is 31.4 Å². The Morgan fingerprint density at radius 1 is 1.31 bits per heavy atom. The first kappa shape index (κ1) is 20.9. The van der Waals surface area contributed by atoms with E-state index in [1.54, 1.807) is 30.7 Å². The summed E-state index contributed by atoms with van der Waals surface area (Å²) in [5.41, 5.74) is 0.211. The zero-order chi connectivity index (χ0) is 21.2. The fraction of sp³-hybridized carbons (Fsp3) is 0.444. The van der Waals surface area contributed by atoms with Crippen LogP contribution in [0.4, 0.5) is 5.69 Å². The molecule has 1 saturated heterocycles. The van der Waals surface area contributed by atoms with Crippen LogP contribution in [0.2, 0.25) is 0 Å². The lowest BCUT2D eigenvalue weighted by molar-refractivity contribution is -0.385. The van der Waals surface area contributed by atoms with Gasteiger partial charge in [-0.2, -0.15) is 4.31 Å². The van der Waals surface area contributed by atoms with Crippen molar-refractivity contribution in [2.75, 3.05) is 13.1 Å². The Kier molecular flexibility index (Phi) is 5.99. The van der Waals surface area contributed by atoms with E-state index in [9.17, 15) is 23.3 Å². The fourth-order valence-electron chi connectivity index (χ4n) is 3.19. The molecule has 10 nitrogen and oxygen atoms in total. The van der Waals surface area contributed by atoms with E-state index in [0.717, 1.165) is 0 Å². The third-order valence-corrected chi connectivity index (χ3v) is 6.81. The number of hydrogen-bond donors (Lipinski definition) is 0. The first-order chi connectivity index (χ1) is 13.7. The Morgan fingerprint density at radius 2 is 1.97 bits per heavy atom. The second-order valence-electron chi connectivity index (χ2n) is 6.91. The second-order valence-corrected chi connectivity index (χ2v) is 8.79. The molecule has 0 saturated carbocycles. The number of piperidine rings is 1. The summed E-state index contributed by atoms with van der Waals surface area (Å²) in [5.74, 6) is -0.333. The predicted octanol–water partition coefficient (Wildman–Crippen LogP) is 1.78. The van der Waals surface area contributed by atoms with Gasteiger partial charge in [-0.25, -0.2) is 13.4 Å². The maximum Gasteiger partial charge on any atom is 0.309 e. The van der Waals surface area contributed by atoms with Gasteiger partial charge >= 0.3 is 5.97 Å². The number of benzene rings is 1.